The van der Waals surface area contributed by atoms with E-state index in [1.54, 1.807) is 7.11 Å². The quantitative estimate of drug-likeness (QED) is 0.456. The van der Waals surface area contributed by atoms with E-state index in [1.165, 1.54) is 5.56 Å². The molecule has 1 aromatic rings. The molecule has 0 spiro atoms. The summed E-state index contributed by atoms with van der Waals surface area (Å²) < 4.78 is 4.88. The fourth-order valence-electron chi connectivity index (χ4n) is 1.73. The van der Waals surface area contributed by atoms with Gasteiger partial charge in [0.2, 0.25) is 0 Å². The predicted molar refractivity (Wildman–Crippen MR) is 80.1 cm³/mol. The maximum absolute atomic E-state index is 9.30. The second kappa shape index (κ2) is 8.01. The van der Waals surface area contributed by atoms with E-state index in [2.05, 4.69) is 43.0 Å². The Morgan fingerprint density at radius 2 is 2.21 bits per heavy atom. The van der Waals surface area contributed by atoms with Crippen LogP contribution in [0.1, 0.15) is 25.0 Å². The minimum Gasteiger partial charge on any atom is -0.427 e. The minimum atomic E-state index is -0.0912. The smallest absolute Gasteiger partial charge is 0.361 e. The third-order valence-electron chi connectivity index (χ3n) is 2.73. The lowest BCUT2D eigenvalue weighted by Gasteiger charge is -2.21. The Labute approximate surface area is 116 Å². The van der Waals surface area contributed by atoms with Crippen molar-refractivity contribution >= 4 is 7.62 Å². The molecule has 1 rings (SSSR count). The van der Waals surface area contributed by atoms with Crippen molar-refractivity contribution in [1.82, 2.24) is 5.23 Å². The van der Waals surface area contributed by atoms with Gasteiger partial charge in [-0.1, -0.05) is 37.8 Å². The average Bonchev–Trinajstić information content (AvgIpc) is 2.38. The van der Waals surface area contributed by atoms with Gasteiger partial charge in [0.05, 0.1) is 0 Å². The lowest BCUT2D eigenvalue weighted by atomic mass is 9.86. The van der Waals surface area contributed by atoms with E-state index in [0.29, 0.717) is 14.2 Å². The van der Waals surface area contributed by atoms with Gasteiger partial charge in [0, 0.05) is 25.8 Å². The molecule has 0 saturated heterocycles. The van der Waals surface area contributed by atoms with Gasteiger partial charge in [-0.3, -0.25) is 0 Å². The zero-order chi connectivity index (χ0) is 14.1. The summed E-state index contributed by atoms with van der Waals surface area (Å²) in [5, 5.41) is 12.3. The number of aliphatic hydroxyl groups excluding tert-OH is 1. The minimum absolute atomic E-state index is 0.0912. The van der Waals surface area contributed by atoms with E-state index in [0.717, 1.165) is 12.0 Å². The van der Waals surface area contributed by atoms with Crippen LogP contribution in [-0.2, 0) is 11.1 Å². The van der Waals surface area contributed by atoms with Crippen LogP contribution in [0.2, 0.25) is 0 Å². The van der Waals surface area contributed by atoms with Crippen LogP contribution in [0.5, 0.6) is 0 Å². The Morgan fingerprint density at radius 3 is 2.89 bits per heavy atom. The van der Waals surface area contributed by atoms with E-state index >= 15 is 0 Å². The highest BCUT2D eigenvalue weighted by molar-refractivity contribution is 6.23. The van der Waals surface area contributed by atoms with Gasteiger partial charge in [0.1, 0.15) is 0 Å². The summed E-state index contributed by atoms with van der Waals surface area (Å²) in [6.45, 7) is 4.91. The summed E-state index contributed by atoms with van der Waals surface area (Å²) >= 11 is 0. The van der Waals surface area contributed by atoms with E-state index in [-0.39, 0.29) is 12.0 Å². The molecular formula is C15H22BNO2. The molecule has 4 heteroatoms. The summed E-state index contributed by atoms with van der Waals surface area (Å²) in [6, 6.07) is 8.17. The Hall–Kier alpha value is -1.28. The standard InChI is InChI=1S/C15H22BNO2/c1-15(2,12-18)11-14-7-4-6-13(10-14)8-5-9-17-16-19-3/h4,6-7,10,16-18H,9,11-12H2,1-3H3. The summed E-state index contributed by atoms with van der Waals surface area (Å²) in [4.78, 5) is 0. The second-order valence-electron chi connectivity index (χ2n) is 5.36. The Kier molecular flexibility index (Phi) is 6.65. The highest BCUT2D eigenvalue weighted by atomic mass is 16.4. The average molecular weight is 259 g/mol. The van der Waals surface area contributed by atoms with Gasteiger partial charge in [-0.05, 0) is 29.5 Å². The Bertz CT molecular complexity index is 449. The van der Waals surface area contributed by atoms with Crippen LogP contribution in [0.15, 0.2) is 24.3 Å². The van der Waals surface area contributed by atoms with Crippen molar-refractivity contribution in [3.63, 3.8) is 0 Å². The van der Waals surface area contributed by atoms with E-state index < -0.39 is 0 Å². The van der Waals surface area contributed by atoms with Gasteiger partial charge in [0.25, 0.3) is 0 Å². The van der Waals surface area contributed by atoms with Crippen LogP contribution in [0.25, 0.3) is 0 Å². The maximum atomic E-state index is 9.30. The molecule has 0 aliphatic heterocycles. The number of hydrogen-bond donors (Lipinski definition) is 2. The lowest BCUT2D eigenvalue weighted by Crippen LogP contribution is -2.20. The molecule has 0 fully saturated rings. The van der Waals surface area contributed by atoms with E-state index in [4.69, 9.17) is 4.65 Å². The highest BCUT2D eigenvalue weighted by Gasteiger charge is 2.16. The van der Waals surface area contributed by atoms with Crippen molar-refractivity contribution in [3.05, 3.63) is 35.4 Å². The molecule has 0 saturated carbocycles. The van der Waals surface area contributed by atoms with Crippen molar-refractivity contribution in [1.29, 1.82) is 0 Å². The summed E-state index contributed by atoms with van der Waals surface area (Å²) in [7, 11) is 2.16. The van der Waals surface area contributed by atoms with E-state index in [1.807, 2.05) is 12.1 Å². The molecule has 0 heterocycles. The number of benzene rings is 1. The largest absolute Gasteiger partial charge is 0.427 e. The van der Waals surface area contributed by atoms with Crippen LogP contribution >= 0.6 is 0 Å². The number of hydrogen-bond acceptors (Lipinski definition) is 3. The second-order valence-corrected chi connectivity index (χ2v) is 5.36. The molecule has 0 radical (unpaired) electrons. The van der Waals surface area contributed by atoms with Crippen LogP contribution in [0, 0.1) is 17.3 Å². The molecule has 102 valence electrons. The predicted octanol–water partition coefficient (Wildman–Crippen LogP) is 1.10. The summed E-state index contributed by atoms with van der Waals surface area (Å²) in [5.41, 5.74) is 2.12. The van der Waals surface area contributed by atoms with Crippen molar-refractivity contribution in [2.75, 3.05) is 20.3 Å². The normalized spacial score (nSPS) is 10.7. The summed E-state index contributed by atoms with van der Waals surface area (Å²) in [6.07, 6.45) is 0.848. The Morgan fingerprint density at radius 1 is 1.42 bits per heavy atom. The Balaban J connectivity index is 2.62. The van der Waals surface area contributed by atoms with Gasteiger partial charge in [-0.25, -0.2) is 0 Å². The number of aliphatic hydroxyl groups is 1. The number of nitrogens with one attached hydrogen (secondary N) is 1. The topological polar surface area (TPSA) is 41.5 Å². The molecule has 19 heavy (non-hydrogen) atoms. The number of rotatable bonds is 6. The van der Waals surface area contributed by atoms with E-state index in [9.17, 15) is 5.11 Å². The van der Waals surface area contributed by atoms with Gasteiger partial charge in [-0.15, -0.1) is 0 Å². The third-order valence-corrected chi connectivity index (χ3v) is 2.73. The zero-order valence-corrected chi connectivity index (χ0v) is 12.0. The fourth-order valence-corrected chi connectivity index (χ4v) is 1.73. The molecule has 0 amide bonds. The molecule has 3 nitrogen and oxygen atoms in total. The highest BCUT2D eigenvalue weighted by Crippen LogP contribution is 2.21. The first kappa shape index (κ1) is 15.8. The molecule has 2 N–H and O–H groups in total. The molecule has 1 aromatic carbocycles. The molecule has 0 aliphatic carbocycles. The van der Waals surface area contributed by atoms with Crippen molar-refractivity contribution < 1.29 is 9.76 Å². The first-order valence-corrected chi connectivity index (χ1v) is 6.46. The van der Waals surface area contributed by atoms with Gasteiger partial charge >= 0.3 is 7.62 Å². The molecule has 0 aromatic heterocycles. The fraction of sp³-hybridized carbons (Fsp3) is 0.467. The third kappa shape index (κ3) is 6.44. The van der Waals surface area contributed by atoms with Gasteiger partial charge in [0.15, 0.2) is 0 Å². The summed E-state index contributed by atoms with van der Waals surface area (Å²) in [5.74, 6) is 6.17. The van der Waals surface area contributed by atoms with Crippen molar-refractivity contribution in [2.45, 2.75) is 20.3 Å². The lowest BCUT2D eigenvalue weighted by molar-refractivity contribution is 0.159. The van der Waals surface area contributed by atoms with Crippen LogP contribution in [0.3, 0.4) is 0 Å². The monoisotopic (exact) mass is 259 g/mol. The molecule has 0 bridgehead atoms. The van der Waals surface area contributed by atoms with Crippen LogP contribution in [0.4, 0.5) is 0 Å². The molecule has 0 aliphatic rings. The molecule has 0 unspecified atom stereocenters. The van der Waals surface area contributed by atoms with Gasteiger partial charge in [-0.2, -0.15) is 0 Å². The van der Waals surface area contributed by atoms with Crippen molar-refractivity contribution in [2.24, 2.45) is 5.41 Å². The van der Waals surface area contributed by atoms with Crippen molar-refractivity contribution in [3.8, 4) is 11.8 Å². The maximum Gasteiger partial charge on any atom is 0.361 e. The van der Waals surface area contributed by atoms with Gasteiger partial charge < -0.3 is 15.0 Å². The van der Waals surface area contributed by atoms with Crippen LogP contribution in [-0.4, -0.2) is 33.0 Å². The molecule has 0 atom stereocenters. The molecular weight excluding hydrogens is 237 g/mol. The van der Waals surface area contributed by atoms with Crippen LogP contribution < -0.4 is 5.23 Å². The first-order valence-electron chi connectivity index (χ1n) is 6.46. The first-order chi connectivity index (χ1) is 9.07. The zero-order valence-electron chi connectivity index (χ0n) is 12.0. The SMILES string of the molecule is COBNCC#Cc1cccc(CC(C)(C)CO)c1.